The Morgan fingerprint density at radius 1 is 1.00 bits per heavy atom. The molecule has 3 rings (SSSR count). The summed E-state index contributed by atoms with van der Waals surface area (Å²) in [5.41, 5.74) is 1.04. The predicted molar refractivity (Wildman–Crippen MR) is 89.3 cm³/mol. The second-order valence-corrected chi connectivity index (χ2v) is 5.75. The Hall–Kier alpha value is -2.33. The van der Waals surface area contributed by atoms with Crippen molar-refractivity contribution < 1.29 is 14.3 Å². The fourth-order valence-electron chi connectivity index (χ4n) is 2.57. The first-order valence-corrected chi connectivity index (χ1v) is 7.88. The van der Waals surface area contributed by atoms with Gasteiger partial charge in [-0.05, 0) is 43.2 Å². The van der Waals surface area contributed by atoms with Crippen molar-refractivity contribution in [1.29, 1.82) is 0 Å². The molecule has 1 aliphatic heterocycles. The topological polar surface area (TPSA) is 46.6 Å². The number of carbonyl (C=O) groups excluding carboxylic acids is 2. The van der Waals surface area contributed by atoms with Gasteiger partial charge in [-0.25, -0.2) is 0 Å². The molecule has 0 radical (unpaired) electrons. The molecule has 0 atom stereocenters. The Morgan fingerprint density at radius 3 is 2.57 bits per heavy atom. The molecule has 0 saturated carbocycles. The van der Waals surface area contributed by atoms with E-state index in [0.29, 0.717) is 29.4 Å². The van der Waals surface area contributed by atoms with Crippen LogP contribution in [0.15, 0.2) is 48.5 Å². The summed E-state index contributed by atoms with van der Waals surface area (Å²) in [4.78, 5) is 25.5. The fourth-order valence-corrected chi connectivity index (χ4v) is 2.75. The molecule has 0 spiro atoms. The van der Waals surface area contributed by atoms with Crippen LogP contribution in [0.25, 0.3) is 0 Å². The van der Waals surface area contributed by atoms with Crippen LogP contribution in [0.4, 0.5) is 5.69 Å². The summed E-state index contributed by atoms with van der Waals surface area (Å²) in [6.07, 6.45) is 1.56. The normalized spacial score (nSPS) is 13.3. The molecule has 2 aromatic carbocycles. The van der Waals surface area contributed by atoms with Gasteiger partial charge in [0, 0.05) is 11.6 Å². The van der Waals surface area contributed by atoms with Crippen LogP contribution in [0, 0.1) is 0 Å². The molecule has 0 N–H and O–H groups in total. The van der Waals surface area contributed by atoms with E-state index in [1.165, 1.54) is 4.90 Å². The van der Waals surface area contributed by atoms with E-state index in [2.05, 4.69) is 0 Å². The van der Waals surface area contributed by atoms with Gasteiger partial charge in [-0.2, -0.15) is 0 Å². The maximum atomic E-state index is 12.1. The lowest BCUT2D eigenvalue weighted by Crippen LogP contribution is -2.30. The van der Waals surface area contributed by atoms with Crippen molar-refractivity contribution in [2.24, 2.45) is 0 Å². The first kappa shape index (κ1) is 15.6. The zero-order valence-electron chi connectivity index (χ0n) is 12.5. The van der Waals surface area contributed by atoms with Crippen LogP contribution in [0.2, 0.25) is 5.02 Å². The molecule has 0 aliphatic carbocycles. The van der Waals surface area contributed by atoms with Crippen LogP contribution in [-0.4, -0.2) is 24.8 Å². The number of Topliss-reactive ketones (excluding diaryl/α,β-unsaturated/α-hetero) is 1. The van der Waals surface area contributed by atoms with Crippen molar-refractivity contribution in [1.82, 2.24) is 0 Å². The Kier molecular flexibility index (Phi) is 4.63. The number of hydrogen-bond acceptors (Lipinski definition) is 3. The number of carbonyl (C=O) groups is 2. The minimum absolute atomic E-state index is 0.392. The molecule has 5 heteroatoms. The molecule has 0 aromatic heterocycles. The molecule has 1 amide bonds. The van der Waals surface area contributed by atoms with Crippen LogP contribution in [0.5, 0.6) is 5.75 Å². The number of para-hydroxylation sites is 1. The number of fused-ring (bicyclic) bond motifs is 1. The monoisotopic (exact) mass is 329 g/mol. The van der Waals surface area contributed by atoms with Crippen LogP contribution in [-0.2, 0) is 4.79 Å². The third kappa shape index (κ3) is 3.37. The Balaban J connectivity index is 1.53. The van der Waals surface area contributed by atoms with Gasteiger partial charge in [0.15, 0.2) is 0 Å². The number of nitrogens with zero attached hydrogens (tertiary/aromatic N) is 1. The van der Waals surface area contributed by atoms with Gasteiger partial charge in [-0.3, -0.25) is 9.59 Å². The number of halogens is 1. The average Bonchev–Trinajstić information content (AvgIpc) is 2.80. The second kappa shape index (κ2) is 6.84. The molecule has 1 heterocycles. The summed E-state index contributed by atoms with van der Waals surface area (Å²) in [5, 5.41) is 0.461. The van der Waals surface area contributed by atoms with Crippen LogP contribution in [0.3, 0.4) is 0 Å². The number of unbranched alkanes of at least 4 members (excludes halogenated alkanes) is 1. The van der Waals surface area contributed by atoms with Crippen molar-refractivity contribution in [2.45, 2.75) is 12.8 Å². The van der Waals surface area contributed by atoms with E-state index in [0.717, 1.165) is 18.6 Å². The van der Waals surface area contributed by atoms with E-state index in [4.69, 9.17) is 16.3 Å². The molecule has 0 unspecified atom stereocenters. The quantitative estimate of drug-likeness (QED) is 0.599. The van der Waals surface area contributed by atoms with Crippen LogP contribution < -0.4 is 9.64 Å². The second-order valence-electron chi connectivity index (χ2n) is 5.32. The highest BCUT2D eigenvalue weighted by Gasteiger charge is 2.35. The minimum Gasteiger partial charge on any atom is -0.494 e. The van der Waals surface area contributed by atoms with Gasteiger partial charge in [-0.15, -0.1) is 0 Å². The number of amides is 1. The van der Waals surface area contributed by atoms with Gasteiger partial charge < -0.3 is 9.64 Å². The first-order valence-electron chi connectivity index (χ1n) is 7.50. The lowest BCUT2D eigenvalue weighted by Gasteiger charge is -2.16. The van der Waals surface area contributed by atoms with Gasteiger partial charge in [0.25, 0.3) is 11.7 Å². The van der Waals surface area contributed by atoms with E-state index < -0.39 is 11.7 Å². The van der Waals surface area contributed by atoms with Crippen molar-refractivity contribution in [3.63, 3.8) is 0 Å². The molecule has 0 saturated heterocycles. The summed E-state index contributed by atoms with van der Waals surface area (Å²) in [7, 11) is 0. The Morgan fingerprint density at radius 2 is 1.78 bits per heavy atom. The maximum absolute atomic E-state index is 12.1. The smallest absolute Gasteiger partial charge is 0.299 e. The number of benzene rings is 2. The van der Waals surface area contributed by atoms with E-state index >= 15 is 0 Å². The van der Waals surface area contributed by atoms with E-state index in [-0.39, 0.29) is 0 Å². The van der Waals surface area contributed by atoms with Crippen LogP contribution in [0.1, 0.15) is 23.2 Å². The zero-order chi connectivity index (χ0) is 16.2. The lowest BCUT2D eigenvalue weighted by molar-refractivity contribution is -0.114. The van der Waals surface area contributed by atoms with Gasteiger partial charge in [0.1, 0.15) is 5.75 Å². The summed E-state index contributed by atoms with van der Waals surface area (Å²) < 4.78 is 5.62. The molecular formula is C18H16ClNO3. The van der Waals surface area contributed by atoms with E-state index in [1.54, 1.807) is 18.2 Å². The summed E-state index contributed by atoms with van der Waals surface area (Å²) in [6.45, 7) is 1.07. The summed E-state index contributed by atoms with van der Waals surface area (Å²) in [6, 6.07) is 14.6. The molecule has 2 aromatic rings. The maximum Gasteiger partial charge on any atom is 0.299 e. The summed E-state index contributed by atoms with van der Waals surface area (Å²) in [5.74, 6) is -0.130. The van der Waals surface area contributed by atoms with Crippen molar-refractivity contribution in [2.75, 3.05) is 18.1 Å². The van der Waals surface area contributed by atoms with Crippen LogP contribution >= 0.6 is 11.6 Å². The third-order valence-electron chi connectivity index (χ3n) is 3.72. The number of hydrogen-bond donors (Lipinski definition) is 0. The highest BCUT2D eigenvalue weighted by molar-refractivity contribution is 6.52. The Labute approximate surface area is 139 Å². The third-order valence-corrected chi connectivity index (χ3v) is 3.96. The lowest BCUT2D eigenvalue weighted by atomic mass is 10.1. The van der Waals surface area contributed by atoms with Gasteiger partial charge in [0.2, 0.25) is 0 Å². The van der Waals surface area contributed by atoms with Gasteiger partial charge >= 0.3 is 0 Å². The average molecular weight is 330 g/mol. The van der Waals surface area contributed by atoms with Gasteiger partial charge in [-0.1, -0.05) is 29.8 Å². The van der Waals surface area contributed by atoms with Gasteiger partial charge in [0.05, 0.1) is 17.9 Å². The molecule has 0 fully saturated rings. The number of ether oxygens (including phenoxy) is 1. The van der Waals surface area contributed by atoms with Crippen molar-refractivity contribution in [3.05, 3.63) is 59.1 Å². The molecule has 4 nitrogen and oxygen atoms in total. The molecule has 118 valence electrons. The molecular weight excluding hydrogens is 314 g/mol. The molecule has 0 bridgehead atoms. The standard InChI is InChI=1S/C18H16ClNO3/c19-13-8-9-16-15(12-13)17(21)18(22)20(16)10-4-5-11-23-14-6-2-1-3-7-14/h1-3,6-9,12H,4-5,10-11H2. The highest BCUT2D eigenvalue weighted by atomic mass is 35.5. The van der Waals surface area contributed by atoms with E-state index in [1.807, 2.05) is 30.3 Å². The predicted octanol–water partition coefficient (Wildman–Crippen LogP) is 3.73. The van der Waals surface area contributed by atoms with Crippen molar-refractivity contribution >= 4 is 29.0 Å². The SMILES string of the molecule is O=C1C(=O)N(CCCCOc2ccccc2)c2ccc(Cl)cc21. The van der Waals surface area contributed by atoms with Crippen molar-refractivity contribution in [3.8, 4) is 5.75 Å². The van der Waals surface area contributed by atoms with E-state index in [9.17, 15) is 9.59 Å². The number of ketones is 1. The molecule has 1 aliphatic rings. The molecule has 23 heavy (non-hydrogen) atoms. The fraction of sp³-hybridized carbons (Fsp3) is 0.222. The largest absolute Gasteiger partial charge is 0.494 e. The number of rotatable bonds is 6. The zero-order valence-corrected chi connectivity index (χ0v) is 13.3. The highest BCUT2D eigenvalue weighted by Crippen LogP contribution is 2.31. The first-order chi connectivity index (χ1) is 11.2. The minimum atomic E-state index is -0.483. The number of anilines is 1. The summed E-state index contributed by atoms with van der Waals surface area (Å²) >= 11 is 5.89. The Bertz CT molecular complexity index is 730.